The van der Waals surface area contributed by atoms with E-state index in [-0.39, 0.29) is 17.7 Å². The third-order valence-corrected chi connectivity index (χ3v) is 3.16. The van der Waals surface area contributed by atoms with Crippen LogP contribution in [0.2, 0.25) is 0 Å². The van der Waals surface area contributed by atoms with E-state index in [1.165, 1.54) is 5.01 Å². The van der Waals surface area contributed by atoms with Gasteiger partial charge >= 0.3 is 0 Å². The lowest BCUT2D eigenvalue weighted by atomic mass is 9.92. The van der Waals surface area contributed by atoms with Crippen molar-refractivity contribution in [2.24, 2.45) is 16.9 Å². The molecule has 1 aliphatic heterocycles. The van der Waals surface area contributed by atoms with Gasteiger partial charge in [-0.3, -0.25) is 4.79 Å². The Labute approximate surface area is 107 Å². The second-order valence-electron chi connectivity index (χ2n) is 4.78. The van der Waals surface area contributed by atoms with Gasteiger partial charge in [-0.05, 0) is 25.0 Å². The highest BCUT2D eigenvalue weighted by molar-refractivity contribution is 6.15. The van der Waals surface area contributed by atoms with E-state index in [1.54, 1.807) is 7.11 Å². The molecule has 4 heteroatoms. The SMILES string of the molecule is COc1ccccc1N1N=C(C)C(C(C)C)C1=O. The molecule has 0 aromatic heterocycles. The van der Waals surface area contributed by atoms with Gasteiger partial charge in [-0.25, -0.2) is 0 Å². The van der Waals surface area contributed by atoms with Crippen LogP contribution in [-0.2, 0) is 4.79 Å². The van der Waals surface area contributed by atoms with Crippen LogP contribution in [0.3, 0.4) is 0 Å². The first-order valence-corrected chi connectivity index (χ1v) is 6.08. The zero-order chi connectivity index (χ0) is 13.3. The first-order chi connectivity index (χ1) is 8.56. The van der Waals surface area contributed by atoms with Crippen LogP contribution in [0, 0.1) is 11.8 Å². The zero-order valence-corrected chi connectivity index (χ0v) is 11.2. The number of ether oxygens (including phenoxy) is 1. The van der Waals surface area contributed by atoms with E-state index in [2.05, 4.69) is 5.10 Å². The molecule has 2 rings (SSSR count). The van der Waals surface area contributed by atoms with E-state index in [1.807, 2.05) is 45.0 Å². The van der Waals surface area contributed by atoms with Gasteiger partial charge in [0, 0.05) is 5.71 Å². The Kier molecular flexibility index (Phi) is 3.36. The highest BCUT2D eigenvalue weighted by Gasteiger charge is 2.37. The molecule has 0 saturated heterocycles. The topological polar surface area (TPSA) is 41.9 Å². The second-order valence-corrected chi connectivity index (χ2v) is 4.78. The fraction of sp³-hybridized carbons (Fsp3) is 0.429. The first-order valence-electron chi connectivity index (χ1n) is 6.08. The van der Waals surface area contributed by atoms with Crippen molar-refractivity contribution >= 4 is 17.3 Å². The molecule has 1 aliphatic rings. The van der Waals surface area contributed by atoms with Gasteiger partial charge in [-0.2, -0.15) is 10.1 Å². The van der Waals surface area contributed by atoms with Crippen LogP contribution in [0.5, 0.6) is 5.75 Å². The van der Waals surface area contributed by atoms with E-state index in [9.17, 15) is 4.79 Å². The van der Waals surface area contributed by atoms with Crippen LogP contribution in [0.4, 0.5) is 5.69 Å². The molecule has 0 spiro atoms. The third kappa shape index (κ3) is 1.98. The minimum Gasteiger partial charge on any atom is -0.494 e. The Bertz CT molecular complexity index is 494. The van der Waals surface area contributed by atoms with Gasteiger partial charge in [0.15, 0.2) is 0 Å². The quantitative estimate of drug-likeness (QED) is 0.822. The van der Waals surface area contributed by atoms with Crippen molar-refractivity contribution in [1.29, 1.82) is 0 Å². The predicted molar refractivity (Wildman–Crippen MR) is 71.9 cm³/mol. The summed E-state index contributed by atoms with van der Waals surface area (Å²) in [5, 5.41) is 5.83. The van der Waals surface area contributed by atoms with Gasteiger partial charge < -0.3 is 4.74 Å². The summed E-state index contributed by atoms with van der Waals surface area (Å²) in [5.41, 5.74) is 1.56. The Morgan fingerprint density at radius 2 is 2.00 bits per heavy atom. The number of hydrazone groups is 1. The van der Waals surface area contributed by atoms with Crippen LogP contribution < -0.4 is 9.75 Å². The molecule has 0 bridgehead atoms. The van der Waals surface area contributed by atoms with E-state index in [4.69, 9.17) is 4.74 Å². The molecule has 0 N–H and O–H groups in total. The largest absolute Gasteiger partial charge is 0.494 e. The summed E-state index contributed by atoms with van der Waals surface area (Å²) in [6.07, 6.45) is 0. The van der Waals surface area contributed by atoms with Gasteiger partial charge in [0.1, 0.15) is 11.4 Å². The van der Waals surface area contributed by atoms with E-state index >= 15 is 0 Å². The predicted octanol–water partition coefficient (Wildman–Crippen LogP) is 2.69. The van der Waals surface area contributed by atoms with Crippen LogP contribution >= 0.6 is 0 Å². The Morgan fingerprint density at radius 3 is 2.56 bits per heavy atom. The first kappa shape index (κ1) is 12.6. The molecule has 96 valence electrons. The summed E-state index contributed by atoms with van der Waals surface area (Å²) in [6, 6.07) is 7.42. The number of benzene rings is 1. The molecule has 18 heavy (non-hydrogen) atoms. The fourth-order valence-electron chi connectivity index (χ4n) is 2.32. The summed E-state index contributed by atoms with van der Waals surface area (Å²) in [6.45, 7) is 5.97. The van der Waals surface area contributed by atoms with Crippen molar-refractivity contribution < 1.29 is 9.53 Å². The number of anilines is 1. The number of nitrogens with zero attached hydrogens (tertiary/aromatic N) is 2. The molecular formula is C14H18N2O2. The van der Waals surface area contributed by atoms with Crippen molar-refractivity contribution in [1.82, 2.24) is 0 Å². The lowest BCUT2D eigenvalue weighted by Gasteiger charge is -2.18. The Balaban J connectivity index is 2.39. The standard InChI is InChI=1S/C14H18N2O2/c1-9(2)13-10(3)15-16(14(13)17)11-7-5-6-8-12(11)18-4/h5-9,13H,1-4H3. The highest BCUT2D eigenvalue weighted by atomic mass is 16.5. The van der Waals surface area contributed by atoms with Crippen molar-refractivity contribution in [3.63, 3.8) is 0 Å². The summed E-state index contributed by atoms with van der Waals surface area (Å²) in [7, 11) is 1.59. The minimum absolute atomic E-state index is 0.0204. The molecule has 1 aromatic rings. The van der Waals surface area contributed by atoms with Gasteiger partial charge in [-0.15, -0.1) is 0 Å². The molecule has 0 fully saturated rings. The van der Waals surface area contributed by atoms with Crippen LogP contribution in [0.15, 0.2) is 29.4 Å². The van der Waals surface area contributed by atoms with E-state index in [0.29, 0.717) is 11.4 Å². The van der Waals surface area contributed by atoms with Gasteiger partial charge in [-0.1, -0.05) is 26.0 Å². The molecule has 0 radical (unpaired) electrons. The third-order valence-electron chi connectivity index (χ3n) is 3.16. The van der Waals surface area contributed by atoms with Gasteiger partial charge in [0.2, 0.25) is 0 Å². The molecule has 4 nitrogen and oxygen atoms in total. The van der Waals surface area contributed by atoms with Gasteiger partial charge in [0.05, 0.1) is 13.0 Å². The Morgan fingerprint density at radius 1 is 1.33 bits per heavy atom. The molecule has 0 saturated carbocycles. The number of amides is 1. The van der Waals surface area contributed by atoms with Crippen molar-refractivity contribution in [2.75, 3.05) is 12.1 Å². The molecule has 1 unspecified atom stereocenters. The van der Waals surface area contributed by atoms with Crippen LogP contribution in [0.25, 0.3) is 0 Å². The molecule has 1 atom stereocenters. The monoisotopic (exact) mass is 246 g/mol. The van der Waals surface area contributed by atoms with Crippen molar-refractivity contribution in [3.8, 4) is 5.75 Å². The number of methoxy groups -OCH3 is 1. The number of rotatable bonds is 3. The van der Waals surface area contributed by atoms with Crippen LogP contribution in [0.1, 0.15) is 20.8 Å². The Hall–Kier alpha value is -1.84. The average molecular weight is 246 g/mol. The summed E-state index contributed by atoms with van der Waals surface area (Å²) < 4.78 is 5.27. The van der Waals surface area contributed by atoms with Gasteiger partial charge in [0.25, 0.3) is 5.91 Å². The number of hydrogen-bond acceptors (Lipinski definition) is 3. The maximum Gasteiger partial charge on any atom is 0.256 e. The summed E-state index contributed by atoms with van der Waals surface area (Å²) in [5.74, 6) is 0.801. The maximum atomic E-state index is 12.4. The number of carbonyl (C=O) groups is 1. The van der Waals surface area contributed by atoms with Crippen LogP contribution in [-0.4, -0.2) is 18.7 Å². The lowest BCUT2D eigenvalue weighted by Crippen LogP contribution is -2.30. The highest BCUT2D eigenvalue weighted by Crippen LogP contribution is 2.33. The molecule has 1 aromatic carbocycles. The number of para-hydroxylation sites is 2. The molecule has 1 amide bonds. The summed E-state index contributed by atoms with van der Waals surface area (Å²) >= 11 is 0. The average Bonchev–Trinajstić information content (AvgIpc) is 2.64. The molecule has 0 aliphatic carbocycles. The molecule has 1 heterocycles. The zero-order valence-electron chi connectivity index (χ0n) is 11.2. The van der Waals surface area contributed by atoms with Crippen molar-refractivity contribution in [2.45, 2.75) is 20.8 Å². The smallest absolute Gasteiger partial charge is 0.256 e. The number of hydrogen-bond donors (Lipinski definition) is 0. The number of carbonyl (C=O) groups excluding carboxylic acids is 1. The fourth-order valence-corrected chi connectivity index (χ4v) is 2.32. The van der Waals surface area contributed by atoms with Crippen molar-refractivity contribution in [3.05, 3.63) is 24.3 Å². The maximum absolute atomic E-state index is 12.4. The lowest BCUT2D eigenvalue weighted by molar-refractivity contribution is -0.120. The normalized spacial score (nSPS) is 19.4. The second kappa shape index (κ2) is 4.80. The summed E-state index contributed by atoms with van der Waals surface area (Å²) in [4.78, 5) is 12.4. The molecular weight excluding hydrogens is 228 g/mol. The van der Waals surface area contributed by atoms with E-state index in [0.717, 1.165) is 5.71 Å². The van der Waals surface area contributed by atoms with E-state index < -0.39 is 0 Å². The minimum atomic E-state index is -0.130.